The normalized spacial score (nSPS) is 12.8. The third-order valence-corrected chi connectivity index (χ3v) is 4.87. The summed E-state index contributed by atoms with van der Waals surface area (Å²) in [4.78, 5) is 4.00. The van der Waals surface area contributed by atoms with Crippen LogP contribution in [0.25, 0.3) is 11.5 Å². The smallest absolute Gasteiger partial charge is 0.373 e. The molecule has 3 aromatic rings. The summed E-state index contributed by atoms with van der Waals surface area (Å²) in [6.07, 6.45) is -4.18. The Bertz CT molecular complexity index is 917. The van der Waals surface area contributed by atoms with Crippen molar-refractivity contribution in [3.63, 3.8) is 0 Å². The summed E-state index contributed by atoms with van der Waals surface area (Å²) in [7, 11) is 0. The number of hydrogen-bond acceptors (Lipinski definition) is 6. The van der Waals surface area contributed by atoms with Crippen LogP contribution in [-0.4, -0.2) is 36.8 Å². The number of para-hydroxylation sites is 1. The molecule has 1 unspecified atom stereocenters. The zero-order valence-electron chi connectivity index (χ0n) is 14.9. The molecule has 1 aromatic carbocycles. The summed E-state index contributed by atoms with van der Waals surface area (Å²) in [6.45, 7) is 2.29. The van der Waals surface area contributed by atoms with Gasteiger partial charge in [0.2, 0.25) is 0 Å². The Morgan fingerprint density at radius 3 is 2.61 bits per heavy atom. The van der Waals surface area contributed by atoms with E-state index >= 15 is 0 Å². The lowest BCUT2D eigenvalue weighted by molar-refractivity contribution is -0.137. The highest BCUT2D eigenvalue weighted by Crippen LogP contribution is 2.31. The molecule has 0 radical (unpaired) electrons. The molecular weight excluding hydrogens is 391 g/mol. The molecule has 6 nitrogen and oxygen atoms in total. The van der Waals surface area contributed by atoms with Crippen molar-refractivity contribution in [1.29, 1.82) is 0 Å². The molecule has 0 fully saturated rings. The topological polar surface area (TPSA) is 75.9 Å². The fraction of sp³-hybridized carbons (Fsp3) is 0.278. The van der Waals surface area contributed by atoms with Gasteiger partial charge < -0.3 is 15.0 Å². The number of anilines is 1. The van der Waals surface area contributed by atoms with E-state index in [1.165, 1.54) is 11.8 Å². The molecule has 0 aliphatic rings. The highest BCUT2D eigenvalue weighted by molar-refractivity contribution is 7.99. The Hall–Kier alpha value is -2.59. The van der Waals surface area contributed by atoms with E-state index in [0.717, 1.165) is 24.0 Å². The number of hydrogen-bond donors (Lipinski definition) is 2. The molecule has 2 N–H and O–H groups in total. The summed E-state index contributed by atoms with van der Waals surface area (Å²) >= 11 is 1.25. The molecule has 0 bridgehead atoms. The molecule has 0 spiro atoms. The van der Waals surface area contributed by atoms with E-state index in [-0.39, 0.29) is 17.3 Å². The van der Waals surface area contributed by atoms with E-state index in [1.54, 1.807) is 4.57 Å². The second-order valence-corrected chi connectivity index (χ2v) is 6.80. The van der Waals surface area contributed by atoms with Gasteiger partial charge in [-0.15, -0.1) is 10.2 Å². The largest absolute Gasteiger partial charge is 0.416 e. The maximum absolute atomic E-state index is 13.0. The van der Waals surface area contributed by atoms with Crippen LogP contribution >= 0.6 is 11.8 Å². The fourth-order valence-electron chi connectivity index (χ4n) is 2.52. The van der Waals surface area contributed by atoms with Gasteiger partial charge in [-0.1, -0.05) is 30.0 Å². The fourth-order valence-corrected chi connectivity index (χ4v) is 3.38. The van der Waals surface area contributed by atoms with Crippen molar-refractivity contribution < 1.29 is 18.3 Å². The van der Waals surface area contributed by atoms with Crippen molar-refractivity contribution in [2.24, 2.45) is 0 Å². The van der Waals surface area contributed by atoms with Crippen LogP contribution in [0.2, 0.25) is 0 Å². The number of nitrogens with zero attached hydrogens (tertiary/aromatic N) is 4. The first-order chi connectivity index (χ1) is 13.4. The van der Waals surface area contributed by atoms with E-state index in [1.807, 2.05) is 37.3 Å². The van der Waals surface area contributed by atoms with E-state index in [0.29, 0.717) is 11.7 Å². The molecule has 3 rings (SSSR count). The number of aliphatic hydroxyl groups excluding tert-OH is 1. The minimum Gasteiger partial charge on any atom is -0.373 e. The number of nitrogens with one attached hydrogen (secondary N) is 1. The van der Waals surface area contributed by atoms with Gasteiger partial charge in [0.1, 0.15) is 11.9 Å². The average Bonchev–Trinajstić information content (AvgIpc) is 3.09. The molecule has 0 saturated carbocycles. The molecule has 0 aliphatic heterocycles. The number of rotatable bonds is 7. The predicted octanol–water partition coefficient (Wildman–Crippen LogP) is 3.90. The zero-order chi connectivity index (χ0) is 20.1. The summed E-state index contributed by atoms with van der Waals surface area (Å²) < 4.78 is 40.5. The number of aliphatic hydroxyl groups is 1. The number of aromatic nitrogens is 4. The first-order valence-corrected chi connectivity index (χ1v) is 9.46. The first kappa shape index (κ1) is 20.2. The lowest BCUT2D eigenvalue weighted by Crippen LogP contribution is -2.21. The maximum Gasteiger partial charge on any atom is 0.416 e. The standard InChI is InChI=1S/C18H18F3N5OS/c1-2-26-16(14-10-12(8-9-22-14)18(19,20)21)24-25-17(26)28-11-15(27)23-13-6-4-3-5-7-13/h3-10,15,23,27H,2,11H2,1H3. The number of halogens is 3. The lowest BCUT2D eigenvalue weighted by atomic mass is 10.2. The Morgan fingerprint density at radius 2 is 1.93 bits per heavy atom. The van der Waals surface area contributed by atoms with Crippen LogP contribution in [0, 0.1) is 0 Å². The quantitative estimate of drug-likeness (QED) is 0.455. The van der Waals surface area contributed by atoms with E-state index in [9.17, 15) is 18.3 Å². The van der Waals surface area contributed by atoms with E-state index < -0.39 is 18.0 Å². The van der Waals surface area contributed by atoms with E-state index in [4.69, 9.17) is 0 Å². The van der Waals surface area contributed by atoms with Crippen molar-refractivity contribution in [2.75, 3.05) is 11.1 Å². The molecule has 28 heavy (non-hydrogen) atoms. The van der Waals surface area contributed by atoms with Crippen molar-refractivity contribution in [3.05, 3.63) is 54.2 Å². The lowest BCUT2D eigenvalue weighted by Gasteiger charge is -2.14. The second kappa shape index (κ2) is 8.61. The van der Waals surface area contributed by atoms with Crippen LogP contribution in [0.5, 0.6) is 0 Å². The van der Waals surface area contributed by atoms with Crippen molar-refractivity contribution in [3.8, 4) is 11.5 Å². The van der Waals surface area contributed by atoms with Crippen LogP contribution in [0.15, 0.2) is 53.8 Å². The average molecular weight is 409 g/mol. The molecule has 1 atom stereocenters. The van der Waals surface area contributed by atoms with E-state index in [2.05, 4.69) is 20.5 Å². The van der Waals surface area contributed by atoms with Gasteiger partial charge in [-0.2, -0.15) is 13.2 Å². The number of pyridine rings is 1. The predicted molar refractivity (Wildman–Crippen MR) is 101 cm³/mol. The monoisotopic (exact) mass is 409 g/mol. The number of benzene rings is 1. The third-order valence-electron chi connectivity index (χ3n) is 3.83. The van der Waals surface area contributed by atoms with Crippen LogP contribution in [0.4, 0.5) is 18.9 Å². The zero-order valence-corrected chi connectivity index (χ0v) is 15.7. The second-order valence-electron chi connectivity index (χ2n) is 5.82. The Labute approximate surface area is 163 Å². The van der Waals surface area contributed by atoms with Crippen LogP contribution < -0.4 is 5.32 Å². The summed E-state index contributed by atoms with van der Waals surface area (Å²) in [6, 6.07) is 11.1. The first-order valence-electron chi connectivity index (χ1n) is 8.47. The molecular formula is C18H18F3N5OS. The Morgan fingerprint density at radius 1 is 1.18 bits per heavy atom. The van der Waals surface area contributed by atoms with Gasteiger partial charge in [-0.25, -0.2) is 0 Å². The highest BCUT2D eigenvalue weighted by Gasteiger charge is 2.31. The van der Waals surface area contributed by atoms with Gasteiger partial charge in [0, 0.05) is 24.2 Å². The molecule has 2 heterocycles. The van der Waals surface area contributed by atoms with Crippen LogP contribution in [-0.2, 0) is 12.7 Å². The molecule has 0 aliphatic carbocycles. The van der Waals surface area contributed by atoms with Gasteiger partial charge in [0.15, 0.2) is 11.0 Å². The van der Waals surface area contributed by atoms with Gasteiger partial charge in [0.25, 0.3) is 0 Å². The van der Waals surface area contributed by atoms with Gasteiger partial charge in [-0.05, 0) is 31.2 Å². The van der Waals surface area contributed by atoms with Gasteiger partial charge in [-0.3, -0.25) is 4.98 Å². The van der Waals surface area contributed by atoms with Crippen molar-refractivity contribution in [1.82, 2.24) is 19.7 Å². The molecule has 10 heteroatoms. The molecule has 2 aromatic heterocycles. The molecule has 0 saturated heterocycles. The molecule has 0 amide bonds. The molecule has 148 valence electrons. The summed E-state index contributed by atoms with van der Waals surface area (Å²) in [5.74, 6) is 0.532. The minimum absolute atomic E-state index is 0.0963. The Balaban J connectivity index is 1.74. The van der Waals surface area contributed by atoms with Crippen LogP contribution in [0.3, 0.4) is 0 Å². The Kier molecular flexibility index (Phi) is 6.20. The maximum atomic E-state index is 13.0. The number of alkyl halides is 3. The van der Waals surface area contributed by atoms with Gasteiger partial charge >= 0.3 is 6.18 Å². The summed E-state index contributed by atoms with van der Waals surface area (Å²) in [5.41, 5.74) is 0.0836. The number of thioether (sulfide) groups is 1. The third kappa shape index (κ3) is 4.82. The highest BCUT2D eigenvalue weighted by atomic mass is 32.2. The van der Waals surface area contributed by atoms with Crippen molar-refractivity contribution >= 4 is 17.4 Å². The summed E-state index contributed by atoms with van der Waals surface area (Å²) in [5, 5.41) is 21.6. The minimum atomic E-state index is -4.46. The van der Waals surface area contributed by atoms with Crippen LogP contribution in [0.1, 0.15) is 12.5 Å². The van der Waals surface area contributed by atoms with Crippen molar-refractivity contribution in [2.45, 2.75) is 31.0 Å². The van der Waals surface area contributed by atoms with Gasteiger partial charge in [0.05, 0.1) is 5.56 Å². The SMILES string of the molecule is CCn1c(SCC(O)Nc2ccccc2)nnc1-c1cc(C(F)(F)F)ccn1.